The second-order valence-electron chi connectivity index (χ2n) is 8.45. The van der Waals surface area contributed by atoms with Crippen molar-refractivity contribution in [1.29, 1.82) is 0 Å². The fourth-order valence-corrected chi connectivity index (χ4v) is 5.85. The number of nitrogens with zero attached hydrogens (tertiary/aromatic N) is 1. The van der Waals surface area contributed by atoms with Crippen molar-refractivity contribution in [2.45, 2.75) is 32.7 Å². The largest absolute Gasteiger partial charge is 0.366 e. The summed E-state index contributed by atoms with van der Waals surface area (Å²) in [5.41, 5.74) is 8.21. The Kier molecular flexibility index (Phi) is 5.47. The Balaban J connectivity index is 1.56. The van der Waals surface area contributed by atoms with Crippen LogP contribution in [0.4, 0.5) is 4.39 Å². The number of fused-ring (bicyclic) bond motifs is 2. The molecule has 4 nitrogen and oxygen atoms in total. The molecule has 0 fully saturated rings. The van der Waals surface area contributed by atoms with Gasteiger partial charge in [-0.05, 0) is 41.0 Å². The maximum atomic E-state index is 13.4. The van der Waals surface area contributed by atoms with Crippen molar-refractivity contribution in [3.05, 3.63) is 68.7 Å². The number of Topliss-reactive ketones (excluding diaryl/α,β-unsaturated/α-hetero) is 1. The molecule has 1 aromatic heterocycles. The topological polar surface area (TPSA) is 60.2 Å². The summed E-state index contributed by atoms with van der Waals surface area (Å²) in [5.74, 6) is -0.661. The van der Waals surface area contributed by atoms with E-state index in [9.17, 15) is 14.0 Å². The van der Waals surface area contributed by atoms with Gasteiger partial charge in [0.2, 0.25) is 5.91 Å². The molecule has 0 spiro atoms. The number of thiophene rings is 1. The summed E-state index contributed by atoms with van der Waals surface area (Å²) < 4.78 is 14.3. The zero-order valence-corrected chi connectivity index (χ0v) is 18.2. The first-order chi connectivity index (χ1) is 14.3. The number of ketones is 1. The van der Waals surface area contributed by atoms with Crippen molar-refractivity contribution in [2.75, 3.05) is 20.1 Å². The van der Waals surface area contributed by atoms with Crippen molar-refractivity contribution in [3.63, 3.8) is 0 Å². The third kappa shape index (κ3) is 4.02. The Hall–Kier alpha value is -2.57. The van der Waals surface area contributed by atoms with Gasteiger partial charge in [-0.1, -0.05) is 24.3 Å². The van der Waals surface area contributed by atoms with Crippen LogP contribution in [-0.4, -0.2) is 36.3 Å². The number of hydrogen-bond acceptors (Lipinski definition) is 3. The van der Waals surface area contributed by atoms with Crippen molar-refractivity contribution < 1.29 is 18.5 Å². The van der Waals surface area contributed by atoms with Crippen molar-refractivity contribution in [3.8, 4) is 0 Å². The molecule has 0 aliphatic carbocycles. The molecular weight excluding hydrogens is 399 g/mol. The molecule has 2 N–H and O–H groups in total. The van der Waals surface area contributed by atoms with Gasteiger partial charge in [-0.3, -0.25) is 9.59 Å². The first kappa shape index (κ1) is 20.7. The van der Waals surface area contributed by atoms with Gasteiger partial charge in [-0.2, -0.15) is 0 Å². The molecule has 1 aliphatic heterocycles. The summed E-state index contributed by atoms with van der Waals surface area (Å²) in [6.07, 6.45) is 1.31. The fraction of sp³-hybridized carbons (Fsp3) is 0.333. The average Bonchev–Trinajstić information content (AvgIpc) is 3.04. The summed E-state index contributed by atoms with van der Waals surface area (Å²) in [6.45, 7) is 5.07. The molecule has 30 heavy (non-hydrogen) atoms. The van der Waals surface area contributed by atoms with Crippen molar-refractivity contribution >= 4 is 33.8 Å². The van der Waals surface area contributed by atoms with E-state index in [1.807, 2.05) is 18.2 Å². The number of halogens is 1. The highest BCUT2D eigenvalue weighted by molar-refractivity contribution is 7.12. The normalized spacial score (nSPS) is 18.4. The van der Waals surface area contributed by atoms with Gasteiger partial charge in [-0.15, -0.1) is 11.3 Å². The molecule has 156 valence electrons. The van der Waals surface area contributed by atoms with Gasteiger partial charge >= 0.3 is 0 Å². The summed E-state index contributed by atoms with van der Waals surface area (Å²) in [5, 5.41) is 1.72. The Morgan fingerprint density at radius 1 is 1.13 bits per heavy atom. The molecule has 4 rings (SSSR count). The van der Waals surface area contributed by atoms with E-state index in [4.69, 9.17) is 5.73 Å². The zero-order valence-electron chi connectivity index (χ0n) is 17.3. The molecule has 1 unspecified atom stereocenters. The Morgan fingerprint density at radius 3 is 2.60 bits per heavy atom. The minimum atomic E-state index is -0.435. The quantitative estimate of drug-likeness (QED) is 0.607. The van der Waals surface area contributed by atoms with Crippen LogP contribution in [0.5, 0.6) is 0 Å². The second kappa shape index (κ2) is 7.93. The lowest BCUT2D eigenvalue weighted by molar-refractivity contribution is -0.922. The van der Waals surface area contributed by atoms with E-state index in [2.05, 4.69) is 14.0 Å². The maximum absolute atomic E-state index is 13.4. The predicted molar refractivity (Wildman–Crippen MR) is 118 cm³/mol. The van der Waals surface area contributed by atoms with Crippen LogP contribution in [0, 0.1) is 5.82 Å². The lowest BCUT2D eigenvalue weighted by Gasteiger charge is -2.36. The van der Waals surface area contributed by atoms with E-state index in [0.717, 1.165) is 57.3 Å². The number of likely N-dealkylation sites (N-methyl/N-ethyl adjacent to an activating group) is 1. The van der Waals surface area contributed by atoms with E-state index in [0.29, 0.717) is 5.56 Å². The highest BCUT2D eigenvalue weighted by Crippen LogP contribution is 2.35. The van der Waals surface area contributed by atoms with Crippen molar-refractivity contribution in [1.82, 2.24) is 0 Å². The first-order valence-corrected chi connectivity index (χ1v) is 11.1. The number of amides is 1. The zero-order chi connectivity index (χ0) is 21.5. The monoisotopic (exact) mass is 425 g/mol. The van der Waals surface area contributed by atoms with Crippen LogP contribution in [0.3, 0.4) is 0 Å². The van der Waals surface area contributed by atoms with Gasteiger partial charge < -0.3 is 10.2 Å². The van der Waals surface area contributed by atoms with Crippen LogP contribution < -0.4 is 5.73 Å². The Bertz CT molecular complexity index is 1150. The average molecular weight is 426 g/mol. The summed E-state index contributed by atoms with van der Waals surface area (Å²) in [6, 6.07) is 10.2. The smallest absolute Gasteiger partial charge is 0.250 e. The number of primary amides is 1. The molecule has 1 amide bonds. The third-order valence-corrected chi connectivity index (χ3v) is 7.44. The van der Waals surface area contributed by atoms with Crippen LogP contribution in [0.15, 0.2) is 36.4 Å². The number of benzene rings is 2. The molecule has 1 atom stereocenters. The molecule has 6 heteroatoms. The predicted octanol–water partition coefficient (Wildman–Crippen LogP) is 4.02. The standard InChI is InChI=1S/C24H25FN2O2S/c1-3-27(2)9-8-20-22(14-27)30-21(23(20)24(26)29)13-19(28)11-15-4-5-17-12-18(25)7-6-16(17)10-15/h4-7,10,12H,3,8-9,11,13-14H2,1-2H3,(H-,26,29)/p+1. The summed E-state index contributed by atoms with van der Waals surface area (Å²) in [7, 11) is 2.23. The highest BCUT2D eigenvalue weighted by atomic mass is 32.1. The molecule has 1 aliphatic rings. The van der Waals surface area contributed by atoms with E-state index in [1.54, 1.807) is 17.4 Å². The van der Waals surface area contributed by atoms with Crippen LogP contribution in [0.2, 0.25) is 0 Å². The first-order valence-electron chi connectivity index (χ1n) is 10.2. The SMILES string of the molecule is CC[N+]1(C)CCc2c(sc(CC(=O)Cc3ccc4cc(F)ccc4c3)c2C(N)=O)C1. The van der Waals surface area contributed by atoms with Crippen LogP contribution in [-0.2, 0) is 30.6 Å². The van der Waals surface area contributed by atoms with Crippen LogP contribution in [0.25, 0.3) is 10.8 Å². The van der Waals surface area contributed by atoms with Gasteiger partial charge in [0.25, 0.3) is 0 Å². The van der Waals surface area contributed by atoms with Gasteiger partial charge in [0, 0.05) is 24.1 Å². The van der Waals surface area contributed by atoms with Gasteiger partial charge in [0.1, 0.15) is 18.1 Å². The molecule has 0 saturated carbocycles. The Labute approximate surface area is 179 Å². The number of hydrogen-bond donors (Lipinski definition) is 1. The summed E-state index contributed by atoms with van der Waals surface area (Å²) in [4.78, 5) is 27.0. The maximum Gasteiger partial charge on any atom is 0.250 e. The number of rotatable bonds is 6. The van der Waals surface area contributed by atoms with Crippen LogP contribution in [0.1, 0.15) is 38.2 Å². The van der Waals surface area contributed by atoms with Gasteiger partial charge in [0.05, 0.1) is 30.6 Å². The van der Waals surface area contributed by atoms with Crippen LogP contribution >= 0.6 is 11.3 Å². The third-order valence-electron chi connectivity index (χ3n) is 6.23. The van der Waals surface area contributed by atoms with Gasteiger partial charge in [-0.25, -0.2) is 4.39 Å². The second-order valence-corrected chi connectivity index (χ2v) is 9.64. The number of quaternary nitrogens is 1. The number of carbonyl (C=O) groups is 2. The number of nitrogens with two attached hydrogens (primary N) is 1. The fourth-order valence-electron chi connectivity index (χ4n) is 4.29. The minimum absolute atomic E-state index is 0.0466. The summed E-state index contributed by atoms with van der Waals surface area (Å²) >= 11 is 1.57. The van der Waals surface area contributed by atoms with Crippen molar-refractivity contribution in [2.24, 2.45) is 5.73 Å². The molecule has 3 aromatic rings. The molecule has 2 aromatic carbocycles. The lowest BCUT2D eigenvalue weighted by atomic mass is 9.97. The van der Waals surface area contributed by atoms with E-state index in [-0.39, 0.29) is 24.4 Å². The molecule has 0 radical (unpaired) electrons. The molecule has 0 saturated heterocycles. The molecular formula is C24H26FN2O2S+. The van der Waals surface area contributed by atoms with E-state index >= 15 is 0 Å². The highest BCUT2D eigenvalue weighted by Gasteiger charge is 2.33. The van der Waals surface area contributed by atoms with Gasteiger partial charge in [0.15, 0.2) is 0 Å². The van der Waals surface area contributed by atoms with E-state index < -0.39 is 5.91 Å². The van der Waals surface area contributed by atoms with E-state index in [1.165, 1.54) is 17.0 Å². The molecule has 0 bridgehead atoms. The Morgan fingerprint density at radius 2 is 1.87 bits per heavy atom. The lowest BCUT2D eigenvalue weighted by Crippen LogP contribution is -2.47. The molecule has 2 heterocycles. The number of carbonyl (C=O) groups excluding carboxylic acids is 2. The minimum Gasteiger partial charge on any atom is -0.366 e.